The maximum Gasteiger partial charge on any atom is 0.320 e. The zero-order valence-corrected chi connectivity index (χ0v) is 19.7. The Morgan fingerprint density at radius 3 is 2.62 bits per heavy atom. The van der Waals surface area contributed by atoms with Crippen molar-refractivity contribution in [2.75, 3.05) is 39.8 Å². The number of carbonyl (C=O) groups excluding carboxylic acids is 3. The maximum absolute atomic E-state index is 13.9. The highest BCUT2D eigenvalue weighted by Crippen LogP contribution is 2.38. The molecule has 34 heavy (non-hydrogen) atoms. The third-order valence-electron chi connectivity index (χ3n) is 7.97. The van der Waals surface area contributed by atoms with Gasteiger partial charge in [0.15, 0.2) is 11.6 Å². The summed E-state index contributed by atoms with van der Waals surface area (Å²) in [5.41, 5.74) is 0.256. The average Bonchev–Trinajstić information content (AvgIpc) is 2.84. The molecule has 8 nitrogen and oxygen atoms in total. The molecular formula is C25H33FN4O4. The Hall–Kier alpha value is -2.84. The van der Waals surface area contributed by atoms with Crippen LogP contribution in [-0.2, 0) is 4.79 Å². The summed E-state index contributed by atoms with van der Waals surface area (Å²) in [6.07, 6.45) is 5.12. The zero-order chi connectivity index (χ0) is 23.8. The molecule has 0 aliphatic carbocycles. The fourth-order valence-corrected chi connectivity index (χ4v) is 6.26. The number of likely N-dealkylation sites (tertiary alicyclic amines) is 2. The van der Waals surface area contributed by atoms with Crippen molar-refractivity contribution in [2.45, 2.75) is 50.6 Å². The number of nitrogens with one attached hydrogen (secondary N) is 1. The van der Waals surface area contributed by atoms with E-state index < -0.39 is 5.82 Å². The highest BCUT2D eigenvalue weighted by Gasteiger charge is 2.45. The van der Waals surface area contributed by atoms with Gasteiger partial charge in [-0.1, -0.05) is 0 Å². The summed E-state index contributed by atoms with van der Waals surface area (Å²) in [5.74, 6) is 0.245. The summed E-state index contributed by atoms with van der Waals surface area (Å²) >= 11 is 0. The van der Waals surface area contributed by atoms with Crippen LogP contribution in [0.4, 0.5) is 9.18 Å². The van der Waals surface area contributed by atoms with Crippen molar-refractivity contribution in [3.05, 3.63) is 29.6 Å². The van der Waals surface area contributed by atoms with E-state index >= 15 is 0 Å². The lowest BCUT2D eigenvalue weighted by atomic mass is 9.76. The number of methoxy groups -OCH3 is 1. The second-order valence-corrected chi connectivity index (χ2v) is 10.1. The van der Waals surface area contributed by atoms with Crippen molar-refractivity contribution in [1.29, 1.82) is 0 Å². The van der Waals surface area contributed by atoms with Gasteiger partial charge in [-0.25, -0.2) is 9.18 Å². The lowest BCUT2D eigenvalue weighted by Crippen LogP contribution is -2.62. The molecule has 0 radical (unpaired) electrons. The molecule has 9 heteroatoms. The minimum absolute atomic E-state index is 0.0516. The number of piperidine rings is 4. The van der Waals surface area contributed by atoms with Crippen LogP contribution in [0.2, 0.25) is 0 Å². The van der Waals surface area contributed by atoms with Crippen LogP contribution < -0.4 is 10.1 Å². The van der Waals surface area contributed by atoms with Crippen molar-refractivity contribution >= 4 is 17.8 Å². The first kappa shape index (κ1) is 22.9. The number of fused-ring (bicyclic) bond motifs is 4. The van der Waals surface area contributed by atoms with Crippen LogP contribution in [0.25, 0.3) is 0 Å². The molecule has 4 saturated heterocycles. The van der Waals surface area contributed by atoms with Gasteiger partial charge in [-0.2, -0.15) is 0 Å². The monoisotopic (exact) mass is 472 g/mol. The molecule has 4 aliphatic heterocycles. The van der Waals surface area contributed by atoms with Crippen LogP contribution in [-0.4, -0.2) is 84.5 Å². The Kier molecular flexibility index (Phi) is 6.36. The van der Waals surface area contributed by atoms with E-state index in [4.69, 9.17) is 4.74 Å². The van der Waals surface area contributed by atoms with Crippen LogP contribution in [0.1, 0.15) is 48.9 Å². The number of amides is 4. The fraction of sp³-hybridized carbons (Fsp3) is 0.640. The van der Waals surface area contributed by atoms with Crippen LogP contribution in [0.15, 0.2) is 18.2 Å². The number of hydrogen-bond acceptors (Lipinski definition) is 4. The predicted octanol–water partition coefficient (Wildman–Crippen LogP) is 2.48. The molecular weight excluding hydrogens is 439 g/mol. The standard InChI is InChI=1S/C25H33FN4O4/c1-34-22-6-5-17(12-20(22)26)24(32)27-19-7-9-28(10-8-19)25(33)29-13-16-11-18(15-29)21-3-2-4-23(31)30(21)14-16/h5-6,12,16,18-19,21H,2-4,7-11,13-15H2,1H3,(H,27,32)/t16-,18-,21-/m1/s1. The molecule has 4 heterocycles. The van der Waals surface area contributed by atoms with Crippen molar-refractivity contribution in [3.63, 3.8) is 0 Å². The highest BCUT2D eigenvalue weighted by atomic mass is 19.1. The Labute approximate surface area is 199 Å². The van der Waals surface area contributed by atoms with Crippen LogP contribution in [0.3, 0.4) is 0 Å². The lowest BCUT2D eigenvalue weighted by molar-refractivity contribution is -0.144. The minimum Gasteiger partial charge on any atom is -0.494 e. The normalized spacial score (nSPS) is 27.3. The van der Waals surface area contributed by atoms with E-state index in [1.54, 1.807) is 6.07 Å². The van der Waals surface area contributed by atoms with Gasteiger partial charge in [0.25, 0.3) is 5.91 Å². The fourth-order valence-electron chi connectivity index (χ4n) is 6.26. The molecule has 0 spiro atoms. The summed E-state index contributed by atoms with van der Waals surface area (Å²) in [6.45, 7) is 3.39. The zero-order valence-electron chi connectivity index (χ0n) is 19.7. The molecule has 0 saturated carbocycles. The van der Waals surface area contributed by atoms with Gasteiger partial charge in [0.05, 0.1) is 7.11 Å². The van der Waals surface area contributed by atoms with Crippen molar-refractivity contribution in [1.82, 2.24) is 20.0 Å². The largest absolute Gasteiger partial charge is 0.494 e. The Bertz CT molecular complexity index is 964. The van der Waals surface area contributed by atoms with Crippen molar-refractivity contribution in [3.8, 4) is 5.75 Å². The molecule has 3 atom stereocenters. The topological polar surface area (TPSA) is 82.2 Å². The van der Waals surface area contributed by atoms with Gasteiger partial charge < -0.3 is 24.8 Å². The molecule has 0 aromatic heterocycles. The number of benzene rings is 1. The molecule has 5 rings (SSSR count). The van der Waals surface area contributed by atoms with E-state index in [0.717, 1.165) is 32.4 Å². The first-order valence-electron chi connectivity index (χ1n) is 12.4. The first-order valence-corrected chi connectivity index (χ1v) is 12.4. The maximum atomic E-state index is 13.9. The van der Waals surface area contributed by atoms with Gasteiger partial charge in [0.1, 0.15) is 0 Å². The predicted molar refractivity (Wildman–Crippen MR) is 123 cm³/mol. The quantitative estimate of drug-likeness (QED) is 0.733. The minimum atomic E-state index is -0.567. The number of halogens is 1. The first-order chi connectivity index (χ1) is 16.4. The van der Waals surface area contributed by atoms with Gasteiger partial charge in [0.2, 0.25) is 5.91 Å². The van der Waals surface area contributed by atoms with E-state index in [9.17, 15) is 18.8 Å². The van der Waals surface area contributed by atoms with Crippen LogP contribution >= 0.6 is 0 Å². The van der Waals surface area contributed by atoms with Gasteiger partial charge in [-0.15, -0.1) is 0 Å². The lowest BCUT2D eigenvalue weighted by Gasteiger charge is -2.53. The van der Waals surface area contributed by atoms with E-state index in [1.807, 2.05) is 9.80 Å². The van der Waals surface area contributed by atoms with Crippen molar-refractivity contribution in [2.24, 2.45) is 11.8 Å². The SMILES string of the molecule is COc1ccc(C(=O)NC2CCN(C(=O)N3C[C@H]4C[C@H](C3)[C@H]3CCCC(=O)N3C4)CC2)cc1F. The van der Waals surface area contributed by atoms with Crippen LogP contribution in [0, 0.1) is 17.7 Å². The highest BCUT2D eigenvalue weighted by molar-refractivity contribution is 5.94. The Morgan fingerprint density at radius 2 is 1.88 bits per heavy atom. The third kappa shape index (κ3) is 4.44. The molecule has 1 N–H and O–H groups in total. The number of nitrogens with zero attached hydrogens (tertiary/aromatic N) is 3. The van der Waals surface area contributed by atoms with E-state index in [1.165, 1.54) is 19.2 Å². The number of rotatable bonds is 3. The number of hydrogen-bond donors (Lipinski definition) is 1. The molecule has 0 unspecified atom stereocenters. The Morgan fingerprint density at radius 1 is 1.09 bits per heavy atom. The summed E-state index contributed by atoms with van der Waals surface area (Å²) in [7, 11) is 1.38. The van der Waals surface area contributed by atoms with Gasteiger partial charge in [0, 0.05) is 56.8 Å². The van der Waals surface area contributed by atoms with E-state index in [0.29, 0.717) is 50.7 Å². The summed E-state index contributed by atoms with van der Waals surface area (Å²) in [6, 6.07) is 4.49. The smallest absolute Gasteiger partial charge is 0.320 e. The van der Waals surface area contributed by atoms with Gasteiger partial charge in [-0.3, -0.25) is 9.59 Å². The summed E-state index contributed by atoms with van der Waals surface area (Å²) in [4.78, 5) is 44.2. The van der Waals surface area contributed by atoms with Gasteiger partial charge in [-0.05, 0) is 62.1 Å². The molecule has 4 aliphatic rings. The van der Waals surface area contributed by atoms with Crippen molar-refractivity contribution < 1.29 is 23.5 Å². The van der Waals surface area contributed by atoms with E-state index in [-0.39, 0.29) is 41.2 Å². The molecule has 2 bridgehead atoms. The summed E-state index contributed by atoms with van der Waals surface area (Å²) < 4.78 is 18.8. The number of ether oxygens (including phenoxy) is 1. The third-order valence-corrected chi connectivity index (χ3v) is 7.97. The molecule has 4 amide bonds. The second kappa shape index (κ2) is 9.43. The number of urea groups is 1. The molecule has 1 aromatic carbocycles. The van der Waals surface area contributed by atoms with E-state index in [2.05, 4.69) is 10.2 Å². The second-order valence-electron chi connectivity index (χ2n) is 10.1. The summed E-state index contributed by atoms with van der Waals surface area (Å²) in [5, 5.41) is 2.97. The molecule has 4 fully saturated rings. The van der Waals surface area contributed by atoms with Gasteiger partial charge >= 0.3 is 6.03 Å². The van der Waals surface area contributed by atoms with Crippen LogP contribution in [0.5, 0.6) is 5.75 Å². The molecule has 184 valence electrons. The Balaban J connectivity index is 1.13. The number of carbonyl (C=O) groups is 3. The average molecular weight is 473 g/mol. The molecule has 1 aromatic rings.